The second-order valence-corrected chi connectivity index (χ2v) is 13.2. The number of allylic oxidation sites excluding steroid dienone is 1. The van der Waals surface area contributed by atoms with Crippen LogP contribution in [0.1, 0.15) is 73.1 Å². The first-order valence-corrected chi connectivity index (χ1v) is 13.4. The number of carbonyl (C=O) groups is 2. The molecule has 6 nitrogen and oxygen atoms in total. The lowest BCUT2D eigenvalue weighted by molar-refractivity contribution is -0.206. The van der Waals surface area contributed by atoms with Gasteiger partial charge in [0.15, 0.2) is 5.78 Å². The molecule has 6 aliphatic rings. The van der Waals surface area contributed by atoms with Crippen molar-refractivity contribution in [2.24, 2.45) is 46.3 Å². The molecule has 6 rings (SSSR count). The third-order valence-corrected chi connectivity index (χ3v) is 12.0. The van der Waals surface area contributed by atoms with Crippen LogP contribution in [0.4, 0.5) is 0 Å². The Labute approximate surface area is 202 Å². The maximum absolute atomic E-state index is 13.3. The number of epoxide rings is 1. The Bertz CT molecular complexity index is 957. The maximum atomic E-state index is 13.3. The number of rotatable bonds is 2. The van der Waals surface area contributed by atoms with E-state index in [1.165, 1.54) is 0 Å². The Balaban J connectivity index is 1.32. The first kappa shape index (κ1) is 23.2. The Morgan fingerprint density at radius 1 is 1.12 bits per heavy atom. The van der Waals surface area contributed by atoms with E-state index in [0.29, 0.717) is 18.8 Å². The summed E-state index contributed by atoms with van der Waals surface area (Å²) < 4.78 is 12.0. The van der Waals surface area contributed by atoms with Crippen LogP contribution in [0.5, 0.6) is 0 Å². The van der Waals surface area contributed by atoms with Crippen molar-refractivity contribution in [2.75, 3.05) is 0 Å². The van der Waals surface area contributed by atoms with Crippen molar-refractivity contribution < 1.29 is 29.3 Å². The summed E-state index contributed by atoms with van der Waals surface area (Å²) in [7, 11) is 0. The Kier molecular flexibility index (Phi) is 4.74. The van der Waals surface area contributed by atoms with E-state index in [9.17, 15) is 19.8 Å². The summed E-state index contributed by atoms with van der Waals surface area (Å²) in [4.78, 5) is 25.8. The molecule has 6 heteroatoms. The van der Waals surface area contributed by atoms with Gasteiger partial charge >= 0.3 is 5.97 Å². The number of esters is 1. The summed E-state index contributed by atoms with van der Waals surface area (Å²) in [5, 5.41) is 23.7. The number of cyclic esters (lactones) is 1. The summed E-state index contributed by atoms with van der Waals surface area (Å²) in [6.07, 6.45) is 7.44. The van der Waals surface area contributed by atoms with Gasteiger partial charge in [0.05, 0.1) is 17.4 Å². The van der Waals surface area contributed by atoms with Gasteiger partial charge in [0, 0.05) is 0 Å². The summed E-state index contributed by atoms with van der Waals surface area (Å²) in [5.74, 6) is 0.484. The van der Waals surface area contributed by atoms with Crippen molar-refractivity contribution in [3.63, 3.8) is 0 Å². The number of hydrogen-bond donors (Lipinski definition) is 2. The first-order valence-electron chi connectivity index (χ1n) is 13.4. The quantitative estimate of drug-likeness (QED) is 0.472. The van der Waals surface area contributed by atoms with Gasteiger partial charge in [-0.25, -0.2) is 0 Å². The zero-order chi connectivity index (χ0) is 24.4. The van der Waals surface area contributed by atoms with Gasteiger partial charge in [0.25, 0.3) is 0 Å². The van der Waals surface area contributed by atoms with E-state index in [4.69, 9.17) is 9.47 Å². The second-order valence-electron chi connectivity index (χ2n) is 13.2. The molecule has 13 atom stereocenters. The van der Waals surface area contributed by atoms with Gasteiger partial charge < -0.3 is 19.7 Å². The molecule has 2 aliphatic heterocycles. The van der Waals surface area contributed by atoms with Gasteiger partial charge in [-0.3, -0.25) is 9.59 Å². The molecule has 4 aliphatic carbocycles. The van der Waals surface area contributed by atoms with Gasteiger partial charge in [-0.05, 0) is 93.5 Å². The number of carbonyl (C=O) groups excluding carboxylic acids is 2. The Morgan fingerprint density at radius 3 is 2.56 bits per heavy atom. The number of fused-ring (bicyclic) bond motifs is 8. The second kappa shape index (κ2) is 6.95. The molecule has 0 amide bonds. The van der Waals surface area contributed by atoms with Crippen LogP contribution in [0.2, 0.25) is 0 Å². The molecule has 34 heavy (non-hydrogen) atoms. The molecule has 5 fully saturated rings. The summed E-state index contributed by atoms with van der Waals surface area (Å²) in [6, 6.07) is 0. The van der Waals surface area contributed by atoms with Gasteiger partial charge in [0.1, 0.15) is 23.4 Å². The van der Waals surface area contributed by atoms with Gasteiger partial charge in [-0.1, -0.05) is 26.8 Å². The fraction of sp³-hybridized carbons (Fsp3) is 0.857. The Morgan fingerprint density at radius 2 is 1.85 bits per heavy atom. The topological polar surface area (TPSA) is 96.4 Å². The van der Waals surface area contributed by atoms with E-state index in [1.807, 2.05) is 26.8 Å². The SMILES string of the molecule is CC1C(=O)O[C@@H]([C@](C)(O)[C@H]2CC[C@H]3[C@@H]4[C@@H]5O[C@@H]5[C@@]5(O)CC=CC(=O)[C@]5(C)[C@H]4CC[C@]23C)C[C@@H]1C. The van der Waals surface area contributed by atoms with Crippen molar-refractivity contribution in [1.82, 2.24) is 0 Å². The standard InChI is InChI=1S/C28H40O6/c1-14-13-20(33-24(30)15(14)2)27(5,31)18-9-8-16-21-17(10-12-25(16,18)3)26(4)19(29)7-6-11-28(26,32)23-22(21)34-23/h6-7,14-18,20-23,31-32H,8-13H2,1-5H3/t14-,15?,16-,17-,18-,20+,21-,22-,23-,25-,26-,27+,28-/m0/s1. The molecular weight excluding hydrogens is 432 g/mol. The van der Waals surface area contributed by atoms with E-state index in [1.54, 1.807) is 6.08 Å². The monoisotopic (exact) mass is 472 g/mol. The molecule has 0 aromatic heterocycles. The zero-order valence-electron chi connectivity index (χ0n) is 21.1. The lowest BCUT2D eigenvalue weighted by Gasteiger charge is -2.60. The van der Waals surface area contributed by atoms with Crippen molar-refractivity contribution >= 4 is 11.8 Å². The van der Waals surface area contributed by atoms with Gasteiger partial charge in [-0.2, -0.15) is 0 Å². The van der Waals surface area contributed by atoms with E-state index in [2.05, 4.69) is 13.8 Å². The molecule has 2 saturated heterocycles. The maximum Gasteiger partial charge on any atom is 0.309 e. The minimum atomic E-state index is -1.12. The van der Waals surface area contributed by atoms with Crippen LogP contribution in [-0.2, 0) is 19.1 Å². The lowest BCUT2D eigenvalue weighted by Crippen LogP contribution is -2.67. The Hall–Kier alpha value is -1.24. The fourth-order valence-electron chi connectivity index (χ4n) is 9.60. The molecule has 0 spiro atoms. The molecule has 0 radical (unpaired) electrons. The number of hydrogen-bond acceptors (Lipinski definition) is 6. The summed E-state index contributed by atoms with van der Waals surface area (Å²) in [5.41, 5.74) is -3.17. The summed E-state index contributed by atoms with van der Waals surface area (Å²) in [6.45, 7) is 10.1. The molecule has 188 valence electrons. The molecule has 0 aromatic carbocycles. The van der Waals surface area contributed by atoms with E-state index in [-0.39, 0.29) is 59.0 Å². The highest BCUT2D eigenvalue weighted by molar-refractivity contribution is 5.97. The van der Waals surface area contributed by atoms with Crippen molar-refractivity contribution in [1.29, 1.82) is 0 Å². The number of aliphatic hydroxyl groups is 2. The van der Waals surface area contributed by atoms with Crippen LogP contribution in [0.15, 0.2) is 12.2 Å². The third kappa shape index (κ3) is 2.63. The van der Waals surface area contributed by atoms with E-state index in [0.717, 1.165) is 25.7 Å². The normalized spacial score (nSPS) is 57.6. The van der Waals surface area contributed by atoms with Crippen LogP contribution in [0, 0.1) is 46.3 Å². The van der Waals surface area contributed by atoms with Crippen molar-refractivity contribution in [2.45, 2.75) is 103 Å². The molecule has 0 aromatic rings. The van der Waals surface area contributed by atoms with Gasteiger partial charge in [0.2, 0.25) is 0 Å². The van der Waals surface area contributed by atoms with Crippen LogP contribution in [0.25, 0.3) is 0 Å². The highest BCUT2D eigenvalue weighted by atomic mass is 16.6. The average molecular weight is 473 g/mol. The molecular formula is C28H40O6. The van der Waals surface area contributed by atoms with Crippen molar-refractivity contribution in [3.05, 3.63) is 12.2 Å². The lowest BCUT2D eigenvalue weighted by atomic mass is 9.43. The smallest absolute Gasteiger partial charge is 0.309 e. The highest BCUT2D eigenvalue weighted by Crippen LogP contribution is 2.72. The van der Waals surface area contributed by atoms with Crippen molar-refractivity contribution in [3.8, 4) is 0 Å². The van der Waals surface area contributed by atoms with Crippen LogP contribution in [-0.4, -0.2) is 51.5 Å². The van der Waals surface area contributed by atoms with Crippen LogP contribution < -0.4 is 0 Å². The minimum absolute atomic E-state index is 0.0101. The fourth-order valence-corrected chi connectivity index (χ4v) is 9.60. The highest BCUT2D eigenvalue weighted by Gasteiger charge is 2.78. The third-order valence-electron chi connectivity index (χ3n) is 12.0. The predicted molar refractivity (Wildman–Crippen MR) is 124 cm³/mol. The average Bonchev–Trinajstić information content (AvgIpc) is 3.49. The first-order chi connectivity index (χ1) is 15.9. The van der Waals surface area contributed by atoms with E-state index >= 15 is 0 Å². The van der Waals surface area contributed by atoms with Gasteiger partial charge in [-0.15, -0.1) is 0 Å². The zero-order valence-corrected chi connectivity index (χ0v) is 21.1. The number of ketones is 1. The van der Waals surface area contributed by atoms with Crippen LogP contribution in [0.3, 0.4) is 0 Å². The molecule has 2 heterocycles. The molecule has 3 saturated carbocycles. The van der Waals surface area contributed by atoms with Crippen LogP contribution >= 0.6 is 0 Å². The number of ether oxygens (including phenoxy) is 2. The molecule has 0 bridgehead atoms. The predicted octanol–water partition coefficient (Wildman–Crippen LogP) is 3.43. The van der Waals surface area contributed by atoms with E-state index < -0.39 is 22.7 Å². The summed E-state index contributed by atoms with van der Waals surface area (Å²) >= 11 is 0. The minimum Gasteiger partial charge on any atom is -0.459 e. The molecule has 1 unspecified atom stereocenters. The molecule has 2 N–H and O–H groups in total. The largest absolute Gasteiger partial charge is 0.459 e.